The Balaban J connectivity index is 1.00. The molecule has 0 unspecified atom stereocenters. The number of para-hydroxylation sites is 5. The molecule has 0 atom stereocenters. The van der Waals surface area contributed by atoms with Crippen LogP contribution in [-0.4, -0.2) is 19.5 Å². The third kappa shape index (κ3) is 5.91. The van der Waals surface area contributed by atoms with Crippen molar-refractivity contribution >= 4 is 87.6 Å². The van der Waals surface area contributed by atoms with Crippen LogP contribution in [0.3, 0.4) is 0 Å². The zero-order valence-corrected chi connectivity index (χ0v) is 37.3. The first kappa shape index (κ1) is 38.5. The lowest BCUT2D eigenvalue weighted by Crippen LogP contribution is -2.07. The number of hydrogen-bond donors (Lipinski definition) is 0. The summed E-state index contributed by atoms with van der Waals surface area (Å²) in [6, 6.07) is 75.8. The summed E-state index contributed by atoms with van der Waals surface area (Å²) in [4.78, 5) is 16.1. The molecule has 0 aliphatic carbocycles. The van der Waals surface area contributed by atoms with Crippen LogP contribution >= 0.6 is 0 Å². The van der Waals surface area contributed by atoms with E-state index in [-0.39, 0.29) is 0 Å². The second-order valence-electron chi connectivity index (χ2n) is 17.9. The molecule has 0 bridgehead atoms. The SMILES string of the molecule is c1ccc(-c2cc(-c3cccc(-c4cccc5c4oc4ccccc45)c3)c3c(c2)c2ccccc2n3-c2nc(-c3ccc4c(c3)oc3ccccc34)nc(-c3ccc4c(c3)oc3ccccc34)n2)cc1. The Morgan fingerprint density at radius 3 is 1.47 bits per heavy atom. The normalized spacial score (nSPS) is 12.0. The van der Waals surface area contributed by atoms with E-state index in [1.165, 1.54) is 0 Å². The fourth-order valence-electron chi connectivity index (χ4n) is 10.6. The van der Waals surface area contributed by atoms with E-state index in [4.69, 9.17) is 28.2 Å². The molecule has 5 heterocycles. The summed E-state index contributed by atoms with van der Waals surface area (Å²) >= 11 is 0. The molecule has 10 aromatic carbocycles. The van der Waals surface area contributed by atoms with Gasteiger partial charge < -0.3 is 13.3 Å². The molecule has 0 N–H and O–H groups in total. The molecule has 70 heavy (non-hydrogen) atoms. The molecule has 7 nitrogen and oxygen atoms in total. The van der Waals surface area contributed by atoms with Gasteiger partial charge in [0.05, 0.1) is 11.0 Å². The number of hydrogen-bond acceptors (Lipinski definition) is 6. The molecular weight excluding hydrogens is 861 g/mol. The van der Waals surface area contributed by atoms with Crippen LogP contribution in [0.15, 0.2) is 232 Å². The summed E-state index contributed by atoms with van der Waals surface area (Å²) < 4.78 is 21.6. The molecule has 7 heteroatoms. The Morgan fingerprint density at radius 1 is 0.286 bits per heavy atom. The van der Waals surface area contributed by atoms with Crippen molar-refractivity contribution in [2.75, 3.05) is 0 Å². The Morgan fingerprint density at radius 2 is 0.800 bits per heavy atom. The van der Waals surface area contributed by atoms with Crippen molar-refractivity contribution in [3.05, 3.63) is 218 Å². The van der Waals surface area contributed by atoms with Crippen molar-refractivity contribution in [2.24, 2.45) is 0 Å². The van der Waals surface area contributed by atoms with Gasteiger partial charge in [0.25, 0.3) is 0 Å². The summed E-state index contributed by atoms with van der Waals surface area (Å²) in [7, 11) is 0. The van der Waals surface area contributed by atoms with E-state index < -0.39 is 0 Å². The number of fused-ring (bicyclic) bond motifs is 12. The minimum absolute atomic E-state index is 0.484. The van der Waals surface area contributed by atoms with Gasteiger partial charge in [0, 0.05) is 65.3 Å². The van der Waals surface area contributed by atoms with E-state index in [9.17, 15) is 0 Å². The lowest BCUT2D eigenvalue weighted by molar-refractivity contribution is 0.668. The first-order valence-corrected chi connectivity index (χ1v) is 23.4. The first-order chi connectivity index (χ1) is 34.7. The van der Waals surface area contributed by atoms with Crippen LogP contribution < -0.4 is 0 Å². The van der Waals surface area contributed by atoms with Crippen molar-refractivity contribution < 1.29 is 13.3 Å². The predicted octanol–water partition coefficient (Wildman–Crippen LogP) is 17.0. The molecule has 15 rings (SSSR count). The number of rotatable bonds is 6. The Hall–Kier alpha value is -9.59. The topological polar surface area (TPSA) is 83.0 Å². The van der Waals surface area contributed by atoms with Crippen molar-refractivity contribution in [2.45, 2.75) is 0 Å². The molecule has 0 aliphatic rings. The third-order valence-corrected chi connectivity index (χ3v) is 13.9. The van der Waals surface area contributed by atoms with Crippen LogP contribution in [0.4, 0.5) is 0 Å². The van der Waals surface area contributed by atoms with Crippen LogP contribution in [0.5, 0.6) is 0 Å². The number of furan rings is 3. The van der Waals surface area contributed by atoms with Gasteiger partial charge in [0.2, 0.25) is 5.95 Å². The predicted molar refractivity (Wildman–Crippen MR) is 283 cm³/mol. The first-order valence-electron chi connectivity index (χ1n) is 23.4. The van der Waals surface area contributed by atoms with Gasteiger partial charge in [-0.15, -0.1) is 0 Å². The van der Waals surface area contributed by atoms with Crippen LogP contribution in [-0.2, 0) is 0 Å². The number of nitrogens with zero attached hydrogens (tertiary/aromatic N) is 4. The summed E-state index contributed by atoms with van der Waals surface area (Å²) in [5.41, 5.74) is 14.8. The van der Waals surface area contributed by atoms with E-state index in [1.54, 1.807) is 0 Å². The van der Waals surface area contributed by atoms with Crippen molar-refractivity contribution in [3.63, 3.8) is 0 Å². The van der Waals surface area contributed by atoms with Gasteiger partial charge in [-0.25, -0.2) is 4.98 Å². The van der Waals surface area contributed by atoms with E-state index in [2.05, 4.69) is 162 Å². The maximum Gasteiger partial charge on any atom is 0.238 e. The maximum absolute atomic E-state index is 6.58. The highest BCUT2D eigenvalue weighted by Gasteiger charge is 2.23. The van der Waals surface area contributed by atoms with E-state index in [0.717, 1.165) is 132 Å². The van der Waals surface area contributed by atoms with Gasteiger partial charge in [-0.1, -0.05) is 152 Å². The van der Waals surface area contributed by atoms with Gasteiger partial charge in [0.15, 0.2) is 11.6 Å². The van der Waals surface area contributed by atoms with Gasteiger partial charge in [-0.3, -0.25) is 4.57 Å². The molecule has 0 spiro atoms. The lowest BCUT2D eigenvalue weighted by Gasteiger charge is -2.15. The number of aromatic nitrogens is 4. The molecule has 0 fully saturated rings. The van der Waals surface area contributed by atoms with Gasteiger partial charge >= 0.3 is 0 Å². The standard InChI is InChI=1S/C63H36N4O3/c1-2-14-37(15-3-1)42-33-51(39-17-12-16-38(32-39)43-22-13-23-50-47-21-7-11-27-56(47)70-60(43)50)59-52(34-42)44-18-4-8-24-53(44)67(59)63-65-61(40-28-30-48-45-19-5-9-25-54(45)68-57(48)35-40)64-62(66-63)41-29-31-49-46-20-6-10-26-55(46)69-58(49)36-41/h1-36H. The van der Waals surface area contributed by atoms with Gasteiger partial charge in [-0.05, 0) is 89.0 Å². The number of benzene rings is 10. The monoisotopic (exact) mass is 896 g/mol. The Bertz CT molecular complexity index is 4480. The molecule has 0 amide bonds. The van der Waals surface area contributed by atoms with Crippen LogP contribution in [0.2, 0.25) is 0 Å². The van der Waals surface area contributed by atoms with Crippen LogP contribution in [0, 0.1) is 0 Å². The zero-order chi connectivity index (χ0) is 45.9. The van der Waals surface area contributed by atoms with E-state index in [0.29, 0.717) is 17.6 Å². The lowest BCUT2D eigenvalue weighted by atomic mass is 9.93. The minimum atomic E-state index is 0.484. The van der Waals surface area contributed by atoms with Crippen molar-refractivity contribution in [1.82, 2.24) is 19.5 Å². The second kappa shape index (κ2) is 15.0. The largest absolute Gasteiger partial charge is 0.456 e. The van der Waals surface area contributed by atoms with Crippen molar-refractivity contribution in [1.29, 1.82) is 0 Å². The molecular formula is C63H36N4O3. The minimum Gasteiger partial charge on any atom is -0.456 e. The van der Waals surface area contributed by atoms with E-state index >= 15 is 0 Å². The Labute approximate surface area is 399 Å². The summed E-state index contributed by atoms with van der Waals surface area (Å²) in [6.45, 7) is 0. The van der Waals surface area contributed by atoms with Crippen molar-refractivity contribution in [3.8, 4) is 62.1 Å². The average molecular weight is 897 g/mol. The summed E-state index contributed by atoms with van der Waals surface area (Å²) in [5.74, 6) is 1.51. The maximum atomic E-state index is 6.58. The summed E-state index contributed by atoms with van der Waals surface area (Å²) in [5, 5.41) is 8.53. The van der Waals surface area contributed by atoms with E-state index in [1.807, 2.05) is 60.7 Å². The molecule has 15 aromatic rings. The molecule has 0 aliphatic heterocycles. The summed E-state index contributed by atoms with van der Waals surface area (Å²) in [6.07, 6.45) is 0. The fourth-order valence-corrected chi connectivity index (χ4v) is 10.6. The highest BCUT2D eigenvalue weighted by atomic mass is 16.3. The quantitative estimate of drug-likeness (QED) is 0.165. The van der Waals surface area contributed by atoms with Gasteiger partial charge in [-0.2, -0.15) is 9.97 Å². The Kier molecular flexibility index (Phi) is 8.23. The molecule has 5 aromatic heterocycles. The average Bonchev–Trinajstić information content (AvgIpc) is 4.19. The highest BCUT2D eigenvalue weighted by molar-refractivity contribution is 6.16. The second-order valence-corrected chi connectivity index (χ2v) is 17.9. The van der Waals surface area contributed by atoms with Crippen LogP contribution in [0.1, 0.15) is 0 Å². The highest BCUT2D eigenvalue weighted by Crippen LogP contribution is 2.44. The molecule has 0 saturated heterocycles. The third-order valence-electron chi connectivity index (χ3n) is 13.9. The fraction of sp³-hybridized carbons (Fsp3) is 0. The zero-order valence-electron chi connectivity index (χ0n) is 37.3. The molecule has 0 radical (unpaired) electrons. The smallest absolute Gasteiger partial charge is 0.238 e. The molecule has 0 saturated carbocycles. The van der Waals surface area contributed by atoms with Gasteiger partial charge in [0.1, 0.15) is 33.5 Å². The molecule has 326 valence electrons. The van der Waals surface area contributed by atoms with Crippen LogP contribution in [0.25, 0.3) is 150 Å².